The second-order valence-electron chi connectivity index (χ2n) is 5.52. The highest BCUT2D eigenvalue weighted by Crippen LogP contribution is 2.31. The second kappa shape index (κ2) is 5.75. The van der Waals surface area contributed by atoms with Gasteiger partial charge < -0.3 is 10.4 Å². The Hall–Kier alpha value is -2.25. The molecule has 0 spiro atoms. The maximum Gasteiger partial charge on any atom is 0.325 e. The number of aliphatic hydroxyl groups excluding tert-OH is 1. The van der Waals surface area contributed by atoms with Gasteiger partial charge in [-0.3, -0.25) is 9.69 Å². The first-order chi connectivity index (χ1) is 10.9. The van der Waals surface area contributed by atoms with Crippen LogP contribution >= 0.6 is 11.3 Å². The first kappa shape index (κ1) is 15.6. The van der Waals surface area contributed by atoms with Crippen LogP contribution in [0.15, 0.2) is 41.1 Å². The minimum Gasteiger partial charge on any atom is -0.386 e. The Morgan fingerprint density at radius 2 is 2.09 bits per heavy atom. The summed E-state index contributed by atoms with van der Waals surface area (Å²) in [4.78, 5) is 25.7. The molecule has 0 unspecified atom stereocenters. The van der Waals surface area contributed by atoms with Gasteiger partial charge >= 0.3 is 6.03 Å². The van der Waals surface area contributed by atoms with Crippen LogP contribution in [0.2, 0.25) is 0 Å². The van der Waals surface area contributed by atoms with Crippen LogP contribution in [0.25, 0.3) is 0 Å². The fourth-order valence-corrected chi connectivity index (χ4v) is 3.39. The van der Waals surface area contributed by atoms with Gasteiger partial charge in [0.15, 0.2) is 0 Å². The number of rotatable bonds is 4. The van der Waals surface area contributed by atoms with Gasteiger partial charge in [0.1, 0.15) is 11.4 Å². The van der Waals surface area contributed by atoms with E-state index in [4.69, 9.17) is 0 Å². The lowest BCUT2D eigenvalue weighted by atomic mass is 9.95. The van der Waals surface area contributed by atoms with E-state index in [1.807, 2.05) is 5.38 Å². The molecule has 1 aromatic carbocycles. The first-order valence-electron chi connectivity index (χ1n) is 7.03. The van der Waals surface area contributed by atoms with Crippen molar-refractivity contribution in [3.63, 3.8) is 0 Å². The summed E-state index contributed by atoms with van der Waals surface area (Å²) in [5, 5.41) is 16.4. The molecule has 0 saturated carbocycles. The highest BCUT2D eigenvalue weighted by molar-refractivity contribution is 7.08. The van der Waals surface area contributed by atoms with Crippen molar-refractivity contribution in [3.05, 3.63) is 58.0 Å². The monoisotopic (exact) mass is 334 g/mol. The highest BCUT2D eigenvalue weighted by Gasteiger charge is 2.49. The number of aliphatic hydroxyl groups is 1. The molecule has 1 aliphatic heterocycles. The number of amides is 3. The average molecular weight is 334 g/mol. The van der Waals surface area contributed by atoms with Crippen molar-refractivity contribution >= 4 is 23.3 Å². The summed E-state index contributed by atoms with van der Waals surface area (Å²) in [5.74, 6) is -1.04. The van der Waals surface area contributed by atoms with E-state index >= 15 is 0 Å². The van der Waals surface area contributed by atoms with E-state index in [-0.39, 0.29) is 12.1 Å². The molecule has 1 saturated heterocycles. The normalized spacial score (nSPS) is 22.3. The largest absolute Gasteiger partial charge is 0.386 e. The van der Waals surface area contributed by atoms with Gasteiger partial charge in [0.25, 0.3) is 5.91 Å². The molecule has 1 aromatic heterocycles. The zero-order valence-corrected chi connectivity index (χ0v) is 13.1. The van der Waals surface area contributed by atoms with Crippen molar-refractivity contribution in [2.75, 3.05) is 6.54 Å². The predicted octanol–water partition coefficient (Wildman–Crippen LogP) is 2.39. The zero-order valence-electron chi connectivity index (χ0n) is 12.3. The van der Waals surface area contributed by atoms with E-state index < -0.39 is 29.4 Å². The smallest absolute Gasteiger partial charge is 0.325 e. The number of hydrogen-bond acceptors (Lipinski definition) is 4. The van der Waals surface area contributed by atoms with Crippen LogP contribution in [-0.4, -0.2) is 28.5 Å². The third-order valence-electron chi connectivity index (χ3n) is 3.99. The molecular weight excluding hydrogens is 319 g/mol. The van der Waals surface area contributed by atoms with Crippen molar-refractivity contribution < 1.29 is 19.1 Å². The van der Waals surface area contributed by atoms with Gasteiger partial charge in [0.2, 0.25) is 0 Å². The van der Waals surface area contributed by atoms with Gasteiger partial charge in [-0.05, 0) is 35.4 Å². The van der Waals surface area contributed by atoms with Crippen LogP contribution in [0.4, 0.5) is 9.18 Å². The molecule has 3 amide bonds. The maximum atomic E-state index is 13.7. The standard InChI is InChI=1S/C16H15FN2O3S/c1-16(10-6-7-23-9-10)14(21)19(15(22)18-16)8-13(20)11-4-2-3-5-12(11)17/h2-7,9,13,20H,8H2,1H3,(H,18,22)/t13-,16-/m1/s1. The number of nitrogens with one attached hydrogen (secondary N) is 1. The number of thiophene rings is 1. The Labute approximate surface area is 136 Å². The van der Waals surface area contributed by atoms with E-state index in [1.165, 1.54) is 29.5 Å². The lowest BCUT2D eigenvalue weighted by molar-refractivity contribution is -0.132. The average Bonchev–Trinajstić information content (AvgIpc) is 3.12. The Morgan fingerprint density at radius 1 is 1.35 bits per heavy atom. The Balaban J connectivity index is 1.83. The van der Waals surface area contributed by atoms with E-state index in [0.29, 0.717) is 5.56 Å². The van der Waals surface area contributed by atoms with Gasteiger partial charge in [0.05, 0.1) is 12.6 Å². The molecule has 2 atom stereocenters. The van der Waals surface area contributed by atoms with Gasteiger partial charge in [0, 0.05) is 5.56 Å². The third-order valence-corrected chi connectivity index (χ3v) is 4.68. The minimum atomic E-state index is -1.28. The summed E-state index contributed by atoms with van der Waals surface area (Å²) in [6, 6.07) is 6.91. The Bertz CT molecular complexity index is 750. The van der Waals surface area contributed by atoms with Crippen molar-refractivity contribution in [2.24, 2.45) is 0 Å². The molecule has 7 heteroatoms. The number of urea groups is 1. The van der Waals surface area contributed by atoms with Crippen LogP contribution in [0.3, 0.4) is 0 Å². The number of imide groups is 1. The van der Waals surface area contributed by atoms with Gasteiger partial charge in [-0.25, -0.2) is 9.18 Å². The topological polar surface area (TPSA) is 69.6 Å². The molecule has 120 valence electrons. The molecule has 2 aromatic rings. The highest BCUT2D eigenvalue weighted by atomic mass is 32.1. The third kappa shape index (κ3) is 2.62. The molecule has 5 nitrogen and oxygen atoms in total. The summed E-state index contributed by atoms with van der Waals surface area (Å²) in [5.41, 5.74) is -0.424. The molecular formula is C16H15FN2O3S. The SMILES string of the molecule is C[C@]1(c2ccsc2)NC(=O)N(C[C@@H](O)c2ccccc2F)C1=O. The summed E-state index contributed by atoms with van der Waals surface area (Å²) in [6.45, 7) is 1.32. The molecule has 1 fully saturated rings. The van der Waals surface area contributed by atoms with Crippen LogP contribution < -0.4 is 5.32 Å². The van der Waals surface area contributed by atoms with Crippen molar-refractivity contribution in [2.45, 2.75) is 18.6 Å². The zero-order chi connectivity index (χ0) is 16.6. The summed E-state index contributed by atoms with van der Waals surface area (Å²) >= 11 is 1.42. The summed E-state index contributed by atoms with van der Waals surface area (Å²) < 4.78 is 13.7. The Kier molecular flexibility index (Phi) is 3.91. The molecule has 0 radical (unpaired) electrons. The molecule has 0 bridgehead atoms. The quantitative estimate of drug-likeness (QED) is 0.844. The van der Waals surface area contributed by atoms with Crippen LogP contribution in [0, 0.1) is 5.82 Å². The fourth-order valence-electron chi connectivity index (χ4n) is 2.62. The maximum absolute atomic E-state index is 13.7. The number of halogens is 1. The van der Waals surface area contributed by atoms with Crippen LogP contribution in [0.5, 0.6) is 0 Å². The number of benzene rings is 1. The molecule has 23 heavy (non-hydrogen) atoms. The van der Waals surface area contributed by atoms with E-state index in [0.717, 1.165) is 4.90 Å². The fraction of sp³-hybridized carbons (Fsp3) is 0.250. The van der Waals surface area contributed by atoms with E-state index in [2.05, 4.69) is 5.32 Å². The predicted molar refractivity (Wildman–Crippen MR) is 83.3 cm³/mol. The number of carbonyl (C=O) groups excluding carboxylic acids is 2. The molecule has 0 aliphatic carbocycles. The summed E-state index contributed by atoms with van der Waals surface area (Å²) in [7, 11) is 0. The van der Waals surface area contributed by atoms with Crippen LogP contribution in [0.1, 0.15) is 24.2 Å². The van der Waals surface area contributed by atoms with Crippen LogP contribution in [-0.2, 0) is 10.3 Å². The number of carbonyl (C=O) groups is 2. The summed E-state index contributed by atoms with van der Waals surface area (Å²) in [6.07, 6.45) is -1.28. The molecule has 1 aliphatic rings. The lowest BCUT2D eigenvalue weighted by Crippen LogP contribution is -2.41. The van der Waals surface area contributed by atoms with E-state index in [9.17, 15) is 19.1 Å². The lowest BCUT2D eigenvalue weighted by Gasteiger charge is -2.22. The van der Waals surface area contributed by atoms with E-state index in [1.54, 1.807) is 24.4 Å². The number of nitrogens with zero attached hydrogens (tertiary/aromatic N) is 1. The molecule has 2 heterocycles. The molecule has 2 N–H and O–H groups in total. The second-order valence-corrected chi connectivity index (χ2v) is 6.30. The van der Waals surface area contributed by atoms with Crippen molar-refractivity contribution in [1.29, 1.82) is 0 Å². The minimum absolute atomic E-state index is 0.0530. The van der Waals surface area contributed by atoms with Gasteiger partial charge in [-0.15, -0.1) is 0 Å². The first-order valence-corrected chi connectivity index (χ1v) is 7.97. The van der Waals surface area contributed by atoms with Crippen molar-refractivity contribution in [3.8, 4) is 0 Å². The van der Waals surface area contributed by atoms with Gasteiger partial charge in [-0.1, -0.05) is 18.2 Å². The number of hydrogen-bond donors (Lipinski definition) is 2. The molecule has 3 rings (SSSR count). The van der Waals surface area contributed by atoms with Gasteiger partial charge in [-0.2, -0.15) is 11.3 Å². The number of β-amino-alcohol motifs (C(OH)–C–C–N with tert-alkyl or cyclic N) is 1. The Morgan fingerprint density at radius 3 is 2.74 bits per heavy atom. The van der Waals surface area contributed by atoms with Crippen molar-refractivity contribution in [1.82, 2.24) is 10.2 Å².